The first-order valence-corrected chi connectivity index (χ1v) is 4.88. The molecule has 0 saturated heterocycles. The standard InChI is InChI=1S/C10H14O/c11-10-8-2-6-1-7(4-8)5-9(10)3-6/h6-9H,1-5H2/p+1. The van der Waals surface area contributed by atoms with Crippen LogP contribution in [0.25, 0.3) is 0 Å². The zero-order valence-electron chi connectivity index (χ0n) is 6.79. The first-order chi connectivity index (χ1) is 5.33. The Hall–Kier alpha value is -0.330. The summed E-state index contributed by atoms with van der Waals surface area (Å²) in [5.74, 6) is 4.07. The van der Waals surface area contributed by atoms with Crippen molar-refractivity contribution in [2.24, 2.45) is 23.7 Å². The second kappa shape index (κ2) is 1.88. The summed E-state index contributed by atoms with van der Waals surface area (Å²) in [7, 11) is 0. The topological polar surface area (TPSA) is 21.4 Å². The lowest BCUT2D eigenvalue weighted by molar-refractivity contribution is 0.0994. The Morgan fingerprint density at radius 3 is 1.73 bits per heavy atom. The molecule has 4 fully saturated rings. The van der Waals surface area contributed by atoms with E-state index in [4.69, 9.17) is 0 Å². The molecule has 0 spiro atoms. The molecule has 0 aromatic rings. The molecule has 1 nitrogen and oxygen atoms in total. The molecule has 60 valence electrons. The van der Waals surface area contributed by atoms with Crippen molar-refractivity contribution < 1.29 is 4.79 Å². The Kier molecular flexibility index (Phi) is 1.06. The third-order valence-electron chi connectivity index (χ3n) is 3.97. The van der Waals surface area contributed by atoms with Crippen molar-refractivity contribution in [1.82, 2.24) is 0 Å². The van der Waals surface area contributed by atoms with Crippen LogP contribution in [0.3, 0.4) is 0 Å². The van der Waals surface area contributed by atoms with Crippen LogP contribution in [-0.4, -0.2) is 10.6 Å². The number of ketones is 1. The van der Waals surface area contributed by atoms with Crippen molar-refractivity contribution >= 4 is 5.78 Å². The van der Waals surface area contributed by atoms with E-state index in [1.54, 1.807) is 0 Å². The zero-order chi connectivity index (χ0) is 7.42. The SMILES string of the molecule is [OH+]=C1C2CC3CC(C2)CC1C3. The van der Waals surface area contributed by atoms with Gasteiger partial charge in [-0.05, 0) is 43.9 Å². The van der Waals surface area contributed by atoms with Gasteiger partial charge in [-0.1, -0.05) is 0 Å². The van der Waals surface area contributed by atoms with Gasteiger partial charge in [-0.15, -0.1) is 0 Å². The summed E-state index contributed by atoms with van der Waals surface area (Å²) < 4.78 is 0. The quantitative estimate of drug-likeness (QED) is 0.472. The number of rotatable bonds is 0. The third-order valence-corrected chi connectivity index (χ3v) is 3.97. The first-order valence-electron chi connectivity index (χ1n) is 4.88. The van der Waals surface area contributed by atoms with Crippen molar-refractivity contribution in [3.05, 3.63) is 0 Å². The maximum atomic E-state index is 9.74. The summed E-state index contributed by atoms with van der Waals surface area (Å²) in [4.78, 5) is 9.74. The molecule has 1 heteroatoms. The van der Waals surface area contributed by atoms with Crippen LogP contribution in [0.15, 0.2) is 0 Å². The maximum absolute atomic E-state index is 9.74. The molecule has 0 heterocycles. The van der Waals surface area contributed by atoms with Crippen molar-refractivity contribution in [2.75, 3.05) is 0 Å². The fraction of sp³-hybridized carbons (Fsp3) is 0.900. The molecule has 4 saturated carbocycles. The maximum Gasteiger partial charge on any atom is 0.299 e. The molecule has 0 radical (unpaired) electrons. The second-order valence-electron chi connectivity index (χ2n) is 4.73. The van der Waals surface area contributed by atoms with E-state index in [1.165, 1.54) is 32.1 Å². The van der Waals surface area contributed by atoms with E-state index in [2.05, 4.69) is 0 Å². The predicted octanol–water partition coefficient (Wildman–Crippen LogP) is 1.99. The Morgan fingerprint density at radius 1 is 0.818 bits per heavy atom. The van der Waals surface area contributed by atoms with Crippen LogP contribution < -0.4 is 0 Å². The van der Waals surface area contributed by atoms with E-state index in [-0.39, 0.29) is 0 Å². The van der Waals surface area contributed by atoms with Crippen molar-refractivity contribution in [3.8, 4) is 0 Å². The van der Waals surface area contributed by atoms with E-state index in [9.17, 15) is 4.79 Å². The van der Waals surface area contributed by atoms with Gasteiger partial charge in [0, 0.05) is 0 Å². The van der Waals surface area contributed by atoms with Gasteiger partial charge >= 0.3 is 0 Å². The van der Waals surface area contributed by atoms with E-state index in [0.717, 1.165) is 17.6 Å². The number of hydrogen-bond acceptors (Lipinski definition) is 0. The highest BCUT2D eigenvalue weighted by Crippen LogP contribution is 2.51. The zero-order valence-corrected chi connectivity index (χ0v) is 6.79. The highest BCUT2D eigenvalue weighted by Gasteiger charge is 2.50. The molecule has 4 rings (SSSR count). The monoisotopic (exact) mass is 151 g/mol. The largest absolute Gasteiger partial charge is 0.299 e. The molecule has 4 aliphatic carbocycles. The minimum Gasteiger partial charge on any atom is -0.283 e. The van der Waals surface area contributed by atoms with E-state index in [1.807, 2.05) is 0 Å². The molecular formula is C10H15O+. The summed E-state index contributed by atoms with van der Waals surface area (Å²) in [6.45, 7) is 0. The lowest BCUT2D eigenvalue weighted by Gasteiger charge is -2.45. The van der Waals surface area contributed by atoms with Gasteiger partial charge in [0.25, 0.3) is 5.78 Å². The molecule has 4 bridgehead atoms. The van der Waals surface area contributed by atoms with Crippen molar-refractivity contribution in [2.45, 2.75) is 32.1 Å². The minimum absolute atomic E-state index is 0.617. The van der Waals surface area contributed by atoms with Gasteiger partial charge in [-0.2, -0.15) is 0 Å². The van der Waals surface area contributed by atoms with Gasteiger partial charge in [-0.3, -0.25) is 4.79 Å². The Balaban J connectivity index is 1.96. The van der Waals surface area contributed by atoms with Gasteiger partial charge in [0.15, 0.2) is 0 Å². The minimum atomic E-state index is 0.617. The molecule has 4 aliphatic rings. The van der Waals surface area contributed by atoms with Gasteiger partial charge in [-0.25, -0.2) is 0 Å². The summed E-state index contributed by atoms with van der Waals surface area (Å²) >= 11 is 0. The van der Waals surface area contributed by atoms with Crippen molar-refractivity contribution in [1.29, 1.82) is 0 Å². The highest BCUT2D eigenvalue weighted by molar-refractivity contribution is 5.86. The number of hydrogen-bond donors (Lipinski definition) is 0. The molecule has 0 aromatic carbocycles. The van der Waals surface area contributed by atoms with E-state index in [0.29, 0.717) is 11.8 Å². The molecule has 0 unspecified atom stereocenters. The molecular weight excluding hydrogens is 136 g/mol. The predicted molar refractivity (Wildman–Crippen MR) is 44.0 cm³/mol. The Labute approximate surface area is 67.2 Å². The average molecular weight is 151 g/mol. The molecule has 0 aliphatic heterocycles. The van der Waals surface area contributed by atoms with Gasteiger partial charge in [0.2, 0.25) is 0 Å². The smallest absolute Gasteiger partial charge is 0.283 e. The van der Waals surface area contributed by atoms with Crippen LogP contribution in [-0.2, 0) is 0 Å². The van der Waals surface area contributed by atoms with Crippen LogP contribution in [0.1, 0.15) is 32.1 Å². The molecule has 1 N–H and O–H groups in total. The highest BCUT2D eigenvalue weighted by atomic mass is 16.1. The first kappa shape index (κ1) is 6.22. The van der Waals surface area contributed by atoms with Crippen LogP contribution in [0.5, 0.6) is 0 Å². The van der Waals surface area contributed by atoms with Crippen molar-refractivity contribution in [3.63, 3.8) is 0 Å². The third kappa shape index (κ3) is 0.743. The average Bonchev–Trinajstić information content (AvgIpc) is 1.98. The summed E-state index contributed by atoms with van der Waals surface area (Å²) in [5, 5.41) is 0. The second-order valence-corrected chi connectivity index (χ2v) is 4.73. The Morgan fingerprint density at radius 2 is 1.27 bits per heavy atom. The van der Waals surface area contributed by atoms with Gasteiger partial charge in [0.05, 0.1) is 11.8 Å². The van der Waals surface area contributed by atoms with E-state index >= 15 is 0 Å². The fourth-order valence-corrected chi connectivity index (χ4v) is 3.67. The Bertz CT molecular complexity index is 177. The van der Waals surface area contributed by atoms with Crippen LogP contribution in [0, 0.1) is 23.7 Å². The van der Waals surface area contributed by atoms with Crippen LogP contribution >= 0.6 is 0 Å². The van der Waals surface area contributed by atoms with Crippen LogP contribution in [0.4, 0.5) is 0 Å². The normalized spacial score (nSPS) is 53.6. The lowest BCUT2D eigenvalue weighted by atomic mass is 9.56. The van der Waals surface area contributed by atoms with E-state index < -0.39 is 0 Å². The number of carbonyl (C=O) groups excluding carboxylic acids is 1. The molecule has 0 amide bonds. The molecule has 11 heavy (non-hydrogen) atoms. The van der Waals surface area contributed by atoms with Gasteiger partial charge in [0.1, 0.15) is 0 Å². The fourth-order valence-electron chi connectivity index (χ4n) is 3.67. The molecule has 0 atom stereocenters. The molecule has 0 aromatic heterocycles. The summed E-state index contributed by atoms with van der Waals surface area (Å²) in [6, 6.07) is 0. The summed E-state index contributed by atoms with van der Waals surface area (Å²) in [5.41, 5.74) is 0. The van der Waals surface area contributed by atoms with Crippen LogP contribution in [0.2, 0.25) is 0 Å². The van der Waals surface area contributed by atoms with Gasteiger partial charge < -0.3 is 0 Å². The lowest BCUT2D eigenvalue weighted by Crippen LogP contribution is -2.45. The summed E-state index contributed by atoms with van der Waals surface area (Å²) in [6.07, 6.45) is 6.69.